The minimum Gasteiger partial charge on any atom is -0.507 e. The standard InChI is InChI=1S/C25H25ClO4/c1-14(2)5-11-18-23(28)19(12-6-15(3)4)25-22(24(18)29)20(27)13-21(30-25)16-7-9-17(26)10-8-16/h5-10,13,28-29H,11-12H2,1-4H3. The lowest BCUT2D eigenvalue weighted by atomic mass is 9.96. The van der Waals surface area contributed by atoms with Gasteiger partial charge >= 0.3 is 0 Å². The molecule has 5 heteroatoms. The van der Waals surface area contributed by atoms with Crippen molar-refractivity contribution in [2.45, 2.75) is 40.5 Å². The maximum atomic E-state index is 13.0. The maximum absolute atomic E-state index is 13.0. The van der Waals surface area contributed by atoms with Gasteiger partial charge in [0.1, 0.15) is 28.2 Å². The van der Waals surface area contributed by atoms with Crippen LogP contribution in [0, 0.1) is 0 Å². The highest BCUT2D eigenvalue weighted by atomic mass is 35.5. The molecule has 30 heavy (non-hydrogen) atoms. The van der Waals surface area contributed by atoms with Crippen LogP contribution >= 0.6 is 11.6 Å². The van der Waals surface area contributed by atoms with Crippen molar-refractivity contribution in [3.8, 4) is 22.8 Å². The second kappa shape index (κ2) is 8.80. The van der Waals surface area contributed by atoms with E-state index in [1.54, 1.807) is 24.3 Å². The van der Waals surface area contributed by atoms with Gasteiger partial charge in [0.2, 0.25) is 0 Å². The van der Waals surface area contributed by atoms with Crippen molar-refractivity contribution in [1.29, 1.82) is 0 Å². The fraction of sp³-hybridized carbons (Fsp3) is 0.240. The summed E-state index contributed by atoms with van der Waals surface area (Å²) < 4.78 is 6.07. The molecule has 156 valence electrons. The lowest BCUT2D eigenvalue weighted by Crippen LogP contribution is -2.05. The first kappa shape index (κ1) is 21.7. The fourth-order valence-corrected chi connectivity index (χ4v) is 3.36. The van der Waals surface area contributed by atoms with Crippen LogP contribution in [0.2, 0.25) is 5.02 Å². The van der Waals surface area contributed by atoms with E-state index in [2.05, 4.69) is 0 Å². The van der Waals surface area contributed by atoms with Crippen LogP contribution in [0.5, 0.6) is 11.5 Å². The molecule has 0 saturated carbocycles. The molecule has 1 aromatic heterocycles. The zero-order valence-corrected chi connectivity index (χ0v) is 18.3. The Morgan fingerprint density at radius 1 is 0.933 bits per heavy atom. The molecule has 0 atom stereocenters. The summed E-state index contributed by atoms with van der Waals surface area (Å²) in [5.41, 5.74) is 3.43. The lowest BCUT2D eigenvalue weighted by molar-refractivity contribution is 0.438. The van der Waals surface area contributed by atoms with Crippen molar-refractivity contribution in [2.75, 3.05) is 0 Å². The molecular weight excluding hydrogens is 400 g/mol. The molecule has 0 fully saturated rings. The van der Waals surface area contributed by atoms with Gasteiger partial charge in [0.05, 0.1) is 0 Å². The third-order valence-corrected chi connectivity index (χ3v) is 5.13. The minimum absolute atomic E-state index is 0.0496. The van der Waals surface area contributed by atoms with E-state index in [1.165, 1.54) is 6.07 Å². The molecule has 0 unspecified atom stereocenters. The Labute approximate surface area is 180 Å². The Bertz CT molecular complexity index is 1210. The van der Waals surface area contributed by atoms with E-state index in [1.807, 2.05) is 39.8 Å². The monoisotopic (exact) mass is 424 g/mol. The van der Waals surface area contributed by atoms with Gasteiger partial charge in [-0.25, -0.2) is 0 Å². The van der Waals surface area contributed by atoms with Gasteiger partial charge in [-0.15, -0.1) is 0 Å². The Morgan fingerprint density at radius 3 is 2.07 bits per heavy atom. The number of rotatable bonds is 5. The van der Waals surface area contributed by atoms with Gasteiger partial charge in [0, 0.05) is 27.8 Å². The van der Waals surface area contributed by atoms with Crippen LogP contribution in [-0.4, -0.2) is 10.2 Å². The van der Waals surface area contributed by atoms with E-state index < -0.39 is 0 Å². The van der Waals surface area contributed by atoms with Gasteiger partial charge in [0.15, 0.2) is 5.43 Å². The van der Waals surface area contributed by atoms with Gasteiger partial charge in [-0.3, -0.25) is 4.79 Å². The highest BCUT2D eigenvalue weighted by Crippen LogP contribution is 2.40. The summed E-state index contributed by atoms with van der Waals surface area (Å²) >= 11 is 5.96. The van der Waals surface area contributed by atoms with Crippen LogP contribution in [0.1, 0.15) is 38.8 Å². The summed E-state index contributed by atoms with van der Waals surface area (Å²) in [6.45, 7) is 7.79. The third-order valence-electron chi connectivity index (χ3n) is 4.87. The van der Waals surface area contributed by atoms with E-state index in [-0.39, 0.29) is 27.9 Å². The summed E-state index contributed by atoms with van der Waals surface area (Å²) in [5.74, 6) is 0.0576. The highest BCUT2D eigenvalue weighted by molar-refractivity contribution is 6.30. The van der Waals surface area contributed by atoms with E-state index in [9.17, 15) is 15.0 Å². The first-order valence-electron chi connectivity index (χ1n) is 9.75. The van der Waals surface area contributed by atoms with Gasteiger partial charge in [-0.2, -0.15) is 0 Å². The number of allylic oxidation sites excluding steroid dienone is 4. The summed E-state index contributed by atoms with van der Waals surface area (Å²) in [7, 11) is 0. The molecule has 0 aliphatic rings. The molecule has 0 radical (unpaired) electrons. The lowest BCUT2D eigenvalue weighted by Gasteiger charge is -2.15. The minimum atomic E-state index is -0.365. The van der Waals surface area contributed by atoms with Gasteiger partial charge in [-0.1, -0.05) is 34.9 Å². The first-order chi connectivity index (χ1) is 14.2. The number of phenols is 2. The van der Waals surface area contributed by atoms with E-state index >= 15 is 0 Å². The molecule has 3 aromatic rings. The smallest absolute Gasteiger partial charge is 0.197 e. The normalized spacial score (nSPS) is 10.8. The van der Waals surface area contributed by atoms with E-state index in [0.717, 1.165) is 11.1 Å². The predicted molar refractivity (Wildman–Crippen MR) is 123 cm³/mol. The molecule has 3 rings (SSSR count). The second-order valence-corrected chi connectivity index (χ2v) is 8.25. The van der Waals surface area contributed by atoms with Crippen molar-refractivity contribution in [3.63, 3.8) is 0 Å². The number of aromatic hydroxyl groups is 2. The Kier molecular flexibility index (Phi) is 6.37. The number of hydrogen-bond donors (Lipinski definition) is 2. The average Bonchev–Trinajstić information content (AvgIpc) is 2.67. The summed E-state index contributed by atoms with van der Waals surface area (Å²) in [5, 5.41) is 22.5. The highest BCUT2D eigenvalue weighted by Gasteiger charge is 2.22. The Hall–Kier alpha value is -2.98. The van der Waals surface area contributed by atoms with Gasteiger partial charge in [0.25, 0.3) is 0 Å². The number of phenolic OH excluding ortho intramolecular Hbond substituents is 2. The molecule has 1 heterocycles. The predicted octanol–water partition coefficient (Wildman–Crippen LogP) is 6.54. The molecule has 0 saturated heterocycles. The Morgan fingerprint density at radius 2 is 1.50 bits per heavy atom. The topological polar surface area (TPSA) is 70.7 Å². The van der Waals surface area contributed by atoms with E-state index in [4.69, 9.17) is 16.0 Å². The van der Waals surface area contributed by atoms with Crippen molar-refractivity contribution >= 4 is 22.6 Å². The Balaban J connectivity index is 2.35. The van der Waals surface area contributed by atoms with Crippen LogP contribution in [0.25, 0.3) is 22.3 Å². The molecule has 0 spiro atoms. The van der Waals surface area contributed by atoms with Crippen molar-refractivity contribution in [3.05, 3.63) is 80.0 Å². The zero-order chi connectivity index (χ0) is 22.0. The van der Waals surface area contributed by atoms with Crippen LogP contribution in [0.4, 0.5) is 0 Å². The molecular formula is C25H25ClO4. The molecule has 2 N–H and O–H groups in total. The second-order valence-electron chi connectivity index (χ2n) is 7.81. The first-order valence-corrected chi connectivity index (χ1v) is 10.1. The largest absolute Gasteiger partial charge is 0.507 e. The van der Waals surface area contributed by atoms with Crippen LogP contribution < -0.4 is 5.43 Å². The summed E-state index contributed by atoms with van der Waals surface area (Å²) in [6, 6.07) is 8.29. The maximum Gasteiger partial charge on any atom is 0.197 e. The van der Waals surface area contributed by atoms with Crippen LogP contribution in [0.3, 0.4) is 0 Å². The van der Waals surface area contributed by atoms with Gasteiger partial charge < -0.3 is 14.6 Å². The van der Waals surface area contributed by atoms with Crippen molar-refractivity contribution in [1.82, 2.24) is 0 Å². The van der Waals surface area contributed by atoms with Crippen LogP contribution in [-0.2, 0) is 12.8 Å². The third kappa shape index (κ3) is 4.44. The van der Waals surface area contributed by atoms with Gasteiger partial charge in [-0.05, 0) is 64.8 Å². The van der Waals surface area contributed by atoms with E-state index in [0.29, 0.717) is 40.3 Å². The summed E-state index contributed by atoms with van der Waals surface area (Å²) in [6.07, 6.45) is 4.54. The zero-order valence-electron chi connectivity index (χ0n) is 17.5. The molecule has 2 aromatic carbocycles. The molecule has 0 bridgehead atoms. The number of hydrogen-bond acceptors (Lipinski definition) is 4. The average molecular weight is 425 g/mol. The van der Waals surface area contributed by atoms with Crippen LogP contribution in [0.15, 0.2) is 62.8 Å². The number of halogens is 1. The van der Waals surface area contributed by atoms with Crippen molar-refractivity contribution < 1.29 is 14.6 Å². The molecule has 4 nitrogen and oxygen atoms in total. The van der Waals surface area contributed by atoms with Crippen molar-refractivity contribution in [2.24, 2.45) is 0 Å². The molecule has 0 aliphatic carbocycles. The molecule has 0 amide bonds. The number of fused-ring (bicyclic) bond motifs is 1. The quantitative estimate of drug-likeness (QED) is 0.456. The number of benzene rings is 2. The summed E-state index contributed by atoms with van der Waals surface area (Å²) in [4.78, 5) is 13.0. The SMILES string of the molecule is CC(C)=CCc1c(O)c(CC=C(C)C)c2oc(-c3ccc(Cl)cc3)cc(=O)c2c1O. The fourth-order valence-electron chi connectivity index (χ4n) is 3.23. The molecule has 0 aliphatic heterocycles.